The predicted molar refractivity (Wildman–Crippen MR) is 45.2 cm³/mol. The summed E-state index contributed by atoms with van der Waals surface area (Å²) in [4.78, 5) is 4.02. The summed E-state index contributed by atoms with van der Waals surface area (Å²) in [7, 11) is 0. The minimum atomic E-state index is 0.499. The van der Waals surface area contributed by atoms with Crippen molar-refractivity contribution in [3.05, 3.63) is 16.6 Å². The number of hydrogen-bond acceptors (Lipinski definition) is 4. The molecule has 0 bridgehead atoms. The number of rotatable bonds is 2. The summed E-state index contributed by atoms with van der Waals surface area (Å²) in [6, 6.07) is 0. The lowest BCUT2D eigenvalue weighted by Crippen LogP contribution is -1.96. The smallest absolute Gasteiger partial charge is 0.157 e. The Balaban J connectivity index is 2.35. The highest BCUT2D eigenvalue weighted by atomic mass is 32.1. The first-order valence-corrected chi connectivity index (χ1v) is 4.14. The normalized spacial score (nSPS) is 9.30. The highest BCUT2D eigenvalue weighted by Gasteiger charge is 1.93. The van der Waals surface area contributed by atoms with Crippen molar-refractivity contribution < 1.29 is 4.74 Å². The largest absolute Gasteiger partial charge is 0.481 e. The van der Waals surface area contributed by atoms with Gasteiger partial charge in [-0.3, -0.25) is 0 Å². The third-order valence-electron chi connectivity index (χ3n) is 0.907. The van der Waals surface area contributed by atoms with Gasteiger partial charge in [0.15, 0.2) is 5.05 Å². The van der Waals surface area contributed by atoms with Gasteiger partial charge in [-0.2, -0.15) is 0 Å². The Morgan fingerprint density at radius 1 is 1.90 bits per heavy atom. The summed E-state index contributed by atoms with van der Waals surface area (Å²) >= 11 is 6.28. The van der Waals surface area contributed by atoms with E-state index in [2.05, 4.69) is 4.98 Å². The molecule has 0 amide bonds. The molecular formula is C6H7NOS2. The van der Waals surface area contributed by atoms with Crippen LogP contribution < -0.4 is 0 Å². The zero-order valence-electron chi connectivity index (χ0n) is 5.53. The van der Waals surface area contributed by atoms with E-state index < -0.39 is 0 Å². The lowest BCUT2D eigenvalue weighted by molar-refractivity contribution is 0.294. The standard InChI is InChI=1S/C6H7NOS2/c1-5(9)8-2-6-3-10-4-7-6/h3-4H,2H2,1H3. The number of nitrogens with zero attached hydrogens (tertiary/aromatic N) is 1. The quantitative estimate of drug-likeness (QED) is 0.639. The first-order valence-electron chi connectivity index (χ1n) is 2.79. The molecule has 1 aromatic heterocycles. The Kier molecular flexibility index (Phi) is 2.77. The summed E-state index contributed by atoms with van der Waals surface area (Å²) < 4.78 is 5.06. The molecule has 10 heavy (non-hydrogen) atoms. The van der Waals surface area contributed by atoms with Crippen molar-refractivity contribution >= 4 is 28.6 Å². The van der Waals surface area contributed by atoms with E-state index >= 15 is 0 Å². The van der Waals surface area contributed by atoms with Gasteiger partial charge in [0.1, 0.15) is 6.61 Å². The van der Waals surface area contributed by atoms with Crippen molar-refractivity contribution in [3.8, 4) is 0 Å². The van der Waals surface area contributed by atoms with Gasteiger partial charge in [0.2, 0.25) is 0 Å². The van der Waals surface area contributed by atoms with Gasteiger partial charge in [-0.25, -0.2) is 4.98 Å². The Hall–Kier alpha value is -0.480. The average Bonchev–Trinajstić information content (AvgIpc) is 2.34. The van der Waals surface area contributed by atoms with Gasteiger partial charge in [0.25, 0.3) is 0 Å². The fraction of sp³-hybridized carbons (Fsp3) is 0.333. The van der Waals surface area contributed by atoms with Crippen LogP contribution in [-0.4, -0.2) is 10.0 Å². The molecule has 1 aromatic rings. The van der Waals surface area contributed by atoms with Crippen LogP contribution >= 0.6 is 23.6 Å². The minimum Gasteiger partial charge on any atom is -0.481 e. The van der Waals surface area contributed by atoms with Crippen molar-refractivity contribution in [1.82, 2.24) is 4.98 Å². The molecule has 0 unspecified atom stereocenters. The van der Waals surface area contributed by atoms with Crippen molar-refractivity contribution in [2.75, 3.05) is 0 Å². The fourth-order valence-corrected chi connectivity index (χ4v) is 1.09. The van der Waals surface area contributed by atoms with Crippen molar-refractivity contribution in [3.63, 3.8) is 0 Å². The van der Waals surface area contributed by atoms with Crippen LogP contribution in [0.15, 0.2) is 10.9 Å². The maximum atomic E-state index is 5.06. The molecular weight excluding hydrogens is 166 g/mol. The molecule has 1 rings (SSSR count). The number of thiazole rings is 1. The van der Waals surface area contributed by atoms with Crippen molar-refractivity contribution in [1.29, 1.82) is 0 Å². The molecule has 0 saturated carbocycles. The van der Waals surface area contributed by atoms with Crippen LogP contribution in [0.2, 0.25) is 0 Å². The number of aromatic nitrogens is 1. The van der Waals surface area contributed by atoms with Crippen LogP contribution in [0.5, 0.6) is 0 Å². The Bertz CT molecular complexity index is 208. The van der Waals surface area contributed by atoms with Gasteiger partial charge >= 0.3 is 0 Å². The number of ether oxygens (including phenoxy) is 1. The monoisotopic (exact) mass is 173 g/mol. The highest BCUT2D eigenvalue weighted by molar-refractivity contribution is 7.80. The fourth-order valence-electron chi connectivity index (χ4n) is 0.484. The molecule has 0 spiro atoms. The van der Waals surface area contributed by atoms with Crippen LogP contribution in [0.3, 0.4) is 0 Å². The van der Waals surface area contributed by atoms with Gasteiger partial charge in [-0.05, 0) is 12.2 Å². The zero-order chi connectivity index (χ0) is 7.40. The molecule has 0 aliphatic rings. The number of thiocarbonyl (C=S) groups is 1. The maximum Gasteiger partial charge on any atom is 0.157 e. The second-order valence-corrected chi connectivity index (χ2v) is 3.05. The Morgan fingerprint density at radius 2 is 2.70 bits per heavy atom. The molecule has 2 nitrogen and oxygen atoms in total. The first kappa shape index (κ1) is 7.63. The first-order chi connectivity index (χ1) is 4.79. The Morgan fingerprint density at radius 3 is 3.20 bits per heavy atom. The van der Waals surface area contributed by atoms with Gasteiger partial charge < -0.3 is 4.74 Å². The molecule has 0 radical (unpaired) electrons. The number of hydrogen-bond donors (Lipinski definition) is 0. The van der Waals surface area contributed by atoms with E-state index in [9.17, 15) is 0 Å². The van der Waals surface area contributed by atoms with E-state index in [1.807, 2.05) is 5.38 Å². The molecule has 0 aliphatic heterocycles. The summed E-state index contributed by atoms with van der Waals surface area (Å²) in [6.45, 7) is 2.25. The van der Waals surface area contributed by atoms with Crippen LogP contribution in [0.25, 0.3) is 0 Å². The summed E-state index contributed by atoms with van der Waals surface area (Å²) in [5.74, 6) is 0. The Labute approximate surface area is 68.9 Å². The summed E-state index contributed by atoms with van der Waals surface area (Å²) in [6.07, 6.45) is 0. The van der Waals surface area contributed by atoms with Crippen LogP contribution in [0.1, 0.15) is 12.6 Å². The molecule has 0 aliphatic carbocycles. The lowest BCUT2D eigenvalue weighted by Gasteiger charge is -1.98. The molecule has 0 N–H and O–H groups in total. The third-order valence-corrected chi connectivity index (χ3v) is 1.66. The van der Waals surface area contributed by atoms with Crippen molar-refractivity contribution in [2.24, 2.45) is 0 Å². The second kappa shape index (κ2) is 3.63. The molecule has 1 heterocycles. The van der Waals surface area contributed by atoms with E-state index in [1.54, 1.807) is 23.8 Å². The molecule has 4 heteroatoms. The van der Waals surface area contributed by atoms with E-state index in [4.69, 9.17) is 17.0 Å². The third kappa shape index (κ3) is 2.41. The molecule has 54 valence electrons. The van der Waals surface area contributed by atoms with Gasteiger partial charge in [0.05, 0.1) is 11.2 Å². The van der Waals surface area contributed by atoms with Crippen LogP contribution in [0, 0.1) is 0 Å². The molecule has 0 aromatic carbocycles. The van der Waals surface area contributed by atoms with Crippen LogP contribution in [0.4, 0.5) is 0 Å². The lowest BCUT2D eigenvalue weighted by atomic mass is 10.5. The predicted octanol–water partition coefficient (Wildman–Crippen LogP) is 2.01. The molecule has 0 fully saturated rings. The second-order valence-electron chi connectivity index (χ2n) is 1.76. The highest BCUT2D eigenvalue weighted by Crippen LogP contribution is 2.02. The van der Waals surface area contributed by atoms with Gasteiger partial charge in [-0.15, -0.1) is 11.3 Å². The summed E-state index contributed by atoms with van der Waals surface area (Å²) in [5.41, 5.74) is 2.71. The molecule has 0 saturated heterocycles. The van der Waals surface area contributed by atoms with E-state index in [0.29, 0.717) is 11.7 Å². The summed E-state index contributed by atoms with van der Waals surface area (Å²) in [5, 5.41) is 2.51. The van der Waals surface area contributed by atoms with Crippen molar-refractivity contribution in [2.45, 2.75) is 13.5 Å². The van der Waals surface area contributed by atoms with E-state index in [0.717, 1.165) is 5.69 Å². The van der Waals surface area contributed by atoms with Gasteiger partial charge in [-0.1, -0.05) is 0 Å². The van der Waals surface area contributed by atoms with Gasteiger partial charge in [0, 0.05) is 12.3 Å². The SMILES string of the molecule is CC(=S)OCc1cscn1. The molecule has 0 atom stereocenters. The van der Waals surface area contributed by atoms with E-state index in [1.165, 1.54) is 0 Å². The maximum absolute atomic E-state index is 5.06. The minimum absolute atomic E-state index is 0.499. The average molecular weight is 173 g/mol. The van der Waals surface area contributed by atoms with Crippen LogP contribution in [-0.2, 0) is 11.3 Å². The zero-order valence-corrected chi connectivity index (χ0v) is 7.17. The topological polar surface area (TPSA) is 22.1 Å². The van der Waals surface area contributed by atoms with E-state index in [-0.39, 0.29) is 0 Å².